The maximum Gasteiger partial charge on any atom is 0 e. The van der Waals surface area contributed by atoms with Crippen LogP contribution in [0.5, 0.6) is 0 Å². The van der Waals surface area contributed by atoms with Gasteiger partial charge in [-0.1, -0.05) is 60.7 Å². The summed E-state index contributed by atoms with van der Waals surface area (Å²) in [6.07, 6.45) is 1.97. The molecule has 0 amide bonds. The monoisotopic (exact) mass is 348 g/mol. The van der Waals surface area contributed by atoms with Crippen molar-refractivity contribution in [3.8, 4) is 0 Å². The third-order valence-corrected chi connectivity index (χ3v) is 2.55. The van der Waals surface area contributed by atoms with E-state index < -0.39 is 0 Å². The van der Waals surface area contributed by atoms with E-state index in [4.69, 9.17) is 11.5 Å². The average Bonchev–Trinajstić information content (AvgIpc) is 2.43. The quantitative estimate of drug-likeness (QED) is 0.833. The molecule has 0 aromatic heterocycles. The second-order valence-corrected chi connectivity index (χ2v) is 4.05. The summed E-state index contributed by atoms with van der Waals surface area (Å²) in [5.41, 5.74) is 13.4. The summed E-state index contributed by atoms with van der Waals surface area (Å²) in [5.74, 6) is 0. The minimum absolute atomic E-state index is 0. The van der Waals surface area contributed by atoms with Crippen LogP contribution < -0.4 is 11.5 Å². The van der Waals surface area contributed by atoms with Crippen molar-refractivity contribution < 1.29 is 20.4 Å². The Kier molecular flexibility index (Phi) is 11.5. The summed E-state index contributed by atoms with van der Waals surface area (Å²) >= 11 is 0. The predicted octanol–water partition coefficient (Wildman–Crippen LogP) is 2.37. The Hall–Kier alpha value is -0.978. The summed E-state index contributed by atoms with van der Waals surface area (Å²) < 4.78 is 0. The van der Waals surface area contributed by atoms with Crippen molar-refractivity contribution in [3.63, 3.8) is 0 Å². The van der Waals surface area contributed by atoms with Crippen LogP contribution in [0.2, 0.25) is 0 Å². The van der Waals surface area contributed by atoms with E-state index in [2.05, 4.69) is 24.3 Å². The molecule has 4 N–H and O–H groups in total. The van der Waals surface area contributed by atoms with Crippen LogP contribution in [0, 0.1) is 0 Å². The van der Waals surface area contributed by atoms with Crippen molar-refractivity contribution in [1.82, 2.24) is 0 Å². The van der Waals surface area contributed by atoms with Crippen LogP contribution in [-0.4, -0.2) is 13.1 Å². The Bertz CT molecular complexity index is 362. The molecule has 0 aliphatic heterocycles. The molecule has 0 bridgehead atoms. The van der Waals surface area contributed by atoms with Gasteiger partial charge in [-0.15, -0.1) is 0 Å². The Balaban J connectivity index is 0.000000324. The van der Waals surface area contributed by atoms with Gasteiger partial charge in [0.25, 0.3) is 0 Å². The molecule has 2 rings (SSSR count). The smallest absolute Gasteiger partial charge is 0 e. The summed E-state index contributed by atoms with van der Waals surface area (Å²) in [6.45, 7) is 1.48. The molecule has 0 saturated carbocycles. The van der Waals surface area contributed by atoms with Gasteiger partial charge in [-0.05, 0) is 37.1 Å². The number of rotatable bonds is 4. The zero-order valence-electron chi connectivity index (χ0n) is 11.1. The molecule has 0 fully saturated rings. The molecule has 19 heavy (non-hydrogen) atoms. The van der Waals surface area contributed by atoms with Gasteiger partial charge in [-0.3, -0.25) is 0 Å². The van der Waals surface area contributed by atoms with Gasteiger partial charge in [0, 0.05) is 20.4 Å². The van der Waals surface area contributed by atoms with Gasteiger partial charge in [-0.25, -0.2) is 0 Å². The molecule has 0 saturated heterocycles. The topological polar surface area (TPSA) is 52.0 Å². The van der Waals surface area contributed by atoms with Crippen LogP contribution in [0.1, 0.15) is 11.1 Å². The molecule has 0 heterocycles. The van der Waals surface area contributed by atoms with Gasteiger partial charge in [0.1, 0.15) is 0 Å². The van der Waals surface area contributed by atoms with Crippen LogP contribution in [0.25, 0.3) is 0 Å². The van der Waals surface area contributed by atoms with E-state index in [1.165, 1.54) is 11.1 Å². The van der Waals surface area contributed by atoms with Gasteiger partial charge in [0.15, 0.2) is 0 Å². The van der Waals surface area contributed by atoms with E-state index in [0.29, 0.717) is 0 Å². The first kappa shape index (κ1) is 18.0. The predicted molar refractivity (Wildman–Crippen MR) is 78.4 cm³/mol. The molecule has 2 aromatic carbocycles. The summed E-state index contributed by atoms with van der Waals surface area (Å²) in [5, 5.41) is 0. The van der Waals surface area contributed by atoms with Crippen molar-refractivity contribution in [1.29, 1.82) is 0 Å². The Morgan fingerprint density at radius 3 is 1.16 bits per heavy atom. The SMILES string of the molecule is NCCc1ccccc1.NCCc1ccccc1.[Pd]. The fourth-order valence-corrected chi connectivity index (χ4v) is 1.62. The second kappa shape index (κ2) is 12.1. The van der Waals surface area contributed by atoms with Gasteiger partial charge >= 0.3 is 0 Å². The Labute approximate surface area is 129 Å². The first-order valence-electron chi connectivity index (χ1n) is 6.34. The van der Waals surface area contributed by atoms with Crippen LogP contribution in [0.15, 0.2) is 60.7 Å². The summed E-state index contributed by atoms with van der Waals surface area (Å²) in [4.78, 5) is 0. The molecule has 2 aromatic rings. The van der Waals surface area contributed by atoms with Crippen molar-refractivity contribution in [2.75, 3.05) is 13.1 Å². The first-order valence-corrected chi connectivity index (χ1v) is 6.34. The molecule has 0 radical (unpaired) electrons. The Morgan fingerprint density at radius 1 is 0.579 bits per heavy atom. The third-order valence-electron chi connectivity index (χ3n) is 2.55. The molecule has 106 valence electrons. The van der Waals surface area contributed by atoms with Crippen LogP contribution in [0.4, 0.5) is 0 Å². The van der Waals surface area contributed by atoms with E-state index in [9.17, 15) is 0 Å². The van der Waals surface area contributed by atoms with Gasteiger partial charge in [-0.2, -0.15) is 0 Å². The molecule has 0 spiro atoms. The number of hydrogen-bond donors (Lipinski definition) is 2. The molecule has 0 aliphatic carbocycles. The van der Waals surface area contributed by atoms with Gasteiger partial charge in [0.05, 0.1) is 0 Å². The zero-order chi connectivity index (χ0) is 13.1. The molecule has 0 atom stereocenters. The van der Waals surface area contributed by atoms with Gasteiger partial charge in [0.2, 0.25) is 0 Å². The summed E-state index contributed by atoms with van der Waals surface area (Å²) in [6, 6.07) is 20.5. The van der Waals surface area contributed by atoms with Crippen LogP contribution >= 0.6 is 0 Å². The number of nitrogens with two attached hydrogens (primary N) is 2. The zero-order valence-corrected chi connectivity index (χ0v) is 12.6. The molecular weight excluding hydrogens is 327 g/mol. The maximum atomic E-state index is 5.36. The van der Waals surface area contributed by atoms with E-state index in [0.717, 1.165) is 25.9 Å². The van der Waals surface area contributed by atoms with Crippen molar-refractivity contribution >= 4 is 0 Å². The normalized spacial score (nSPS) is 8.95. The summed E-state index contributed by atoms with van der Waals surface area (Å²) in [7, 11) is 0. The van der Waals surface area contributed by atoms with E-state index in [-0.39, 0.29) is 20.4 Å². The van der Waals surface area contributed by atoms with Gasteiger partial charge < -0.3 is 11.5 Å². The fraction of sp³-hybridized carbons (Fsp3) is 0.250. The first-order chi connectivity index (χ1) is 8.86. The molecule has 3 heteroatoms. The molecule has 0 unspecified atom stereocenters. The van der Waals surface area contributed by atoms with Crippen molar-refractivity contribution in [3.05, 3.63) is 71.8 Å². The maximum absolute atomic E-state index is 5.36. The van der Waals surface area contributed by atoms with E-state index in [1.54, 1.807) is 0 Å². The minimum atomic E-state index is 0. The van der Waals surface area contributed by atoms with E-state index in [1.807, 2.05) is 36.4 Å². The number of benzene rings is 2. The van der Waals surface area contributed by atoms with Crippen molar-refractivity contribution in [2.45, 2.75) is 12.8 Å². The standard InChI is InChI=1S/2C8H11N.Pd/c2*9-7-6-8-4-2-1-3-5-8;/h2*1-5H,6-7,9H2;. The second-order valence-electron chi connectivity index (χ2n) is 4.05. The van der Waals surface area contributed by atoms with Crippen LogP contribution in [-0.2, 0) is 33.3 Å². The fourth-order valence-electron chi connectivity index (χ4n) is 1.62. The van der Waals surface area contributed by atoms with Crippen LogP contribution in [0.3, 0.4) is 0 Å². The largest absolute Gasteiger partial charge is 0.330 e. The van der Waals surface area contributed by atoms with E-state index >= 15 is 0 Å². The molecular formula is C16H22N2Pd. The minimum Gasteiger partial charge on any atom is -0.330 e. The third kappa shape index (κ3) is 8.69. The average molecular weight is 349 g/mol. The Morgan fingerprint density at radius 2 is 0.895 bits per heavy atom. The molecule has 0 aliphatic rings. The number of hydrogen-bond acceptors (Lipinski definition) is 2. The van der Waals surface area contributed by atoms with Crippen molar-refractivity contribution in [2.24, 2.45) is 11.5 Å². The molecule has 2 nitrogen and oxygen atoms in total.